The zero-order chi connectivity index (χ0) is 24.5. The van der Waals surface area contributed by atoms with E-state index in [0.29, 0.717) is 33.8 Å². The molecule has 5 rings (SSSR count). The van der Waals surface area contributed by atoms with Gasteiger partial charge >= 0.3 is 0 Å². The second-order valence-corrected chi connectivity index (χ2v) is 8.63. The Morgan fingerprint density at radius 1 is 1.14 bits per heavy atom. The first-order chi connectivity index (χ1) is 16.9. The Balaban J connectivity index is 1.57. The topological polar surface area (TPSA) is 112 Å². The van der Waals surface area contributed by atoms with E-state index in [1.54, 1.807) is 25.0 Å². The molecule has 1 aliphatic heterocycles. The first-order valence-corrected chi connectivity index (χ1v) is 11.4. The number of rotatable bonds is 6. The van der Waals surface area contributed by atoms with Crippen molar-refractivity contribution in [2.24, 2.45) is 12.0 Å². The summed E-state index contributed by atoms with van der Waals surface area (Å²) in [7, 11) is 3.40. The molecule has 0 radical (unpaired) electrons. The maximum atomic E-state index is 13.0. The summed E-state index contributed by atoms with van der Waals surface area (Å²) in [5.74, 6) is 1.80. The summed E-state index contributed by atoms with van der Waals surface area (Å²) in [5.41, 5.74) is 3.96. The van der Waals surface area contributed by atoms with Gasteiger partial charge in [-0.2, -0.15) is 0 Å². The highest BCUT2D eigenvalue weighted by Crippen LogP contribution is 2.34. The Bertz CT molecular complexity index is 1420. The lowest BCUT2D eigenvalue weighted by Crippen LogP contribution is -2.25. The van der Waals surface area contributed by atoms with E-state index in [9.17, 15) is 4.79 Å². The van der Waals surface area contributed by atoms with Gasteiger partial charge < -0.3 is 10.1 Å². The van der Waals surface area contributed by atoms with E-state index >= 15 is 0 Å². The monoisotopic (exact) mass is 490 g/mol. The number of aliphatic imine (C=N–C) groups is 1. The number of aromatic nitrogens is 6. The van der Waals surface area contributed by atoms with Crippen molar-refractivity contribution < 1.29 is 9.53 Å². The van der Waals surface area contributed by atoms with Gasteiger partial charge in [-0.25, -0.2) is 0 Å². The van der Waals surface area contributed by atoms with Crippen LogP contribution in [0.4, 0.5) is 0 Å². The van der Waals surface area contributed by atoms with Crippen molar-refractivity contribution >= 4 is 23.2 Å². The van der Waals surface area contributed by atoms with Crippen molar-refractivity contribution in [2.45, 2.75) is 25.9 Å². The van der Waals surface area contributed by atoms with Crippen molar-refractivity contribution in [1.29, 1.82) is 0 Å². The predicted octanol–water partition coefficient (Wildman–Crippen LogP) is 2.96. The lowest BCUT2D eigenvalue weighted by atomic mass is 10.00. The van der Waals surface area contributed by atoms with Crippen molar-refractivity contribution in [3.63, 3.8) is 0 Å². The van der Waals surface area contributed by atoms with E-state index in [1.807, 2.05) is 54.0 Å². The average Bonchev–Trinajstić information content (AvgIpc) is 3.42. The van der Waals surface area contributed by atoms with Gasteiger partial charge in [-0.3, -0.25) is 19.0 Å². The summed E-state index contributed by atoms with van der Waals surface area (Å²) in [6.45, 7) is 2.15. The molecule has 10 nitrogen and oxygen atoms in total. The molecule has 1 aliphatic rings. The van der Waals surface area contributed by atoms with Crippen LogP contribution in [0.25, 0.3) is 5.69 Å². The number of ether oxygens (including phenoxy) is 1. The van der Waals surface area contributed by atoms with Gasteiger partial charge in [0.15, 0.2) is 5.82 Å². The van der Waals surface area contributed by atoms with Crippen LogP contribution >= 0.6 is 11.6 Å². The summed E-state index contributed by atoms with van der Waals surface area (Å²) < 4.78 is 9.03. The van der Waals surface area contributed by atoms with Gasteiger partial charge in [0.1, 0.15) is 23.3 Å². The largest absolute Gasteiger partial charge is 0.497 e. The molecule has 4 aromatic rings. The van der Waals surface area contributed by atoms with Gasteiger partial charge in [-0.05, 0) is 37.3 Å². The zero-order valence-electron chi connectivity index (χ0n) is 19.4. The van der Waals surface area contributed by atoms with E-state index in [4.69, 9.17) is 21.3 Å². The molecule has 2 aromatic heterocycles. The second kappa shape index (κ2) is 9.30. The molecule has 1 atom stereocenters. The van der Waals surface area contributed by atoms with E-state index < -0.39 is 6.04 Å². The third-order valence-corrected chi connectivity index (χ3v) is 6.00. The zero-order valence-corrected chi connectivity index (χ0v) is 20.2. The normalized spacial score (nSPS) is 14.5. The highest BCUT2D eigenvalue weighted by atomic mass is 35.5. The van der Waals surface area contributed by atoms with Crippen LogP contribution in [0, 0.1) is 6.92 Å². The van der Waals surface area contributed by atoms with Crippen LogP contribution in [-0.4, -0.2) is 48.5 Å². The highest BCUT2D eigenvalue weighted by molar-refractivity contribution is 6.30. The number of benzene rings is 2. The van der Waals surface area contributed by atoms with E-state index in [1.165, 1.54) is 0 Å². The molecule has 0 fully saturated rings. The molecule has 178 valence electrons. The number of amides is 1. The molecule has 0 bridgehead atoms. The summed E-state index contributed by atoms with van der Waals surface area (Å²) in [4.78, 5) is 18.0. The minimum absolute atomic E-state index is 0.0839. The average molecular weight is 491 g/mol. The van der Waals surface area contributed by atoms with Crippen LogP contribution in [-0.2, 0) is 18.4 Å². The Morgan fingerprint density at radius 2 is 1.94 bits per heavy atom. The molecular weight excluding hydrogens is 468 g/mol. The highest BCUT2D eigenvalue weighted by Gasteiger charge is 2.30. The number of hydrogen-bond donors (Lipinski definition) is 1. The summed E-state index contributed by atoms with van der Waals surface area (Å²) in [6, 6.07) is 12.7. The molecule has 1 N–H and O–H groups in total. The quantitative estimate of drug-likeness (QED) is 0.444. The summed E-state index contributed by atoms with van der Waals surface area (Å²) in [5, 5.41) is 20.1. The Kier molecular flexibility index (Phi) is 6.04. The first kappa shape index (κ1) is 22.7. The van der Waals surface area contributed by atoms with Gasteiger partial charge in [-0.15, -0.1) is 15.3 Å². The number of nitrogens with one attached hydrogen (secondary N) is 1. The number of methoxy groups -OCH3 is 1. The van der Waals surface area contributed by atoms with Gasteiger partial charge in [-0.1, -0.05) is 28.9 Å². The van der Waals surface area contributed by atoms with Crippen molar-refractivity contribution in [3.05, 3.63) is 82.2 Å². The fourth-order valence-corrected chi connectivity index (χ4v) is 4.22. The van der Waals surface area contributed by atoms with Crippen LogP contribution in [0.3, 0.4) is 0 Å². The van der Waals surface area contributed by atoms with Gasteiger partial charge in [0.2, 0.25) is 5.91 Å². The predicted molar refractivity (Wildman–Crippen MR) is 130 cm³/mol. The number of nitrogens with zero attached hydrogens (tertiary/aromatic N) is 7. The molecule has 35 heavy (non-hydrogen) atoms. The molecule has 2 aromatic carbocycles. The number of aryl methyl sites for hydroxylation is 2. The maximum Gasteiger partial charge on any atom is 0.222 e. The molecule has 0 saturated carbocycles. The van der Waals surface area contributed by atoms with Crippen molar-refractivity contribution in [1.82, 2.24) is 35.1 Å². The molecular formula is C24H23ClN8O2. The van der Waals surface area contributed by atoms with Crippen molar-refractivity contribution in [2.75, 3.05) is 7.11 Å². The SMILES string of the molecule is COc1ccc2c(c1)C(c1ccc(Cl)cc1)=N[C@@H](CC(=O)NCc1cn(C)nn1)c1nnc(C)n1-2. The number of carbonyl (C=O) groups is 1. The first-order valence-electron chi connectivity index (χ1n) is 11.0. The smallest absolute Gasteiger partial charge is 0.222 e. The van der Waals surface area contributed by atoms with E-state index in [2.05, 4.69) is 25.8 Å². The molecule has 1 amide bonds. The van der Waals surface area contributed by atoms with Gasteiger partial charge in [0.25, 0.3) is 0 Å². The fourth-order valence-electron chi connectivity index (χ4n) is 4.09. The molecule has 0 aliphatic carbocycles. The third-order valence-electron chi connectivity index (χ3n) is 5.75. The molecule has 0 saturated heterocycles. The van der Waals surface area contributed by atoms with Crippen LogP contribution in [0.1, 0.15) is 40.9 Å². The van der Waals surface area contributed by atoms with Gasteiger partial charge in [0.05, 0.1) is 31.5 Å². The third kappa shape index (κ3) is 4.52. The Hall–Kier alpha value is -4.05. The molecule has 0 spiro atoms. The number of hydrogen-bond acceptors (Lipinski definition) is 7. The number of carbonyl (C=O) groups excluding carboxylic acids is 1. The number of halogens is 1. The lowest BCUT2D eigenvalue weighted by molar-refractivity contribution is -0.121. The summed E-state index contributed by atoms with van der Waals surface area (Å²) in [6.07, 6.45) is 1.84. The fraction of sp³-hybridized carbons (Fsp3) is 0.250. The Labute approximate surface area is 206 Å². The maximum absolute atomic E-state index is 13.0. The molecule has 0 unspecified atom stereocenters. The van der Waals surface area contributed by atoms with Crippen LogP contribution in [0.5, 0.6) is 5.75 Å². The van der Waals surface area contributed by atoms with Crippen LogP contribution in [0.15, 0.2) is 53.7 Å². The second-order valence-electron chi connectivity index (χ2n) is 8.19. The minimum Gasteiger partial charge on any atom is -0.497 e. The minimum atomic E-state index is -0.567. The lowest BCUT2D eigenvalue weighted by Gasteiger charge is -2.14. The van der Waals surface area contributed by atoms with Crippen molar-refractivity contribution in [3.8, 4) is 11.4 Å². The standard InChI is InChI=1S/C24H23ClN8O2/c1-14-28-30-24-20(11-22(34)26-12-17-13-32(2)31-29-17)27-23(15-4-6-16(25)7-5-15)19-10-18(35-3)8-9-21(19)33(14)24/h4-10,13,20H,11-12H2,1-3H3,(H,26,34)/t20-/m0/s1. The molecule has 3 heterocycles. The van der Waals surface area contributed by atoms with Crippen LogP contribution in [0.2, 0.25) is 5.02 Å². The molecule has 11 heteroatoms. The van der Waals surface area contributed by atoms with Crippen LogP contribution < -0.4 is 10.1 Å². The summed E-state index contributed by atoms with van der Waals surface area (Å²) >= 11 is 6.15. The van der Waals surface area contributed by atoms with Gasteiger partial charge in [0, 0.05) is 29.4 Å². The van der Waals surface area contributed by atoms with E-state index in [0.717, 1.165) is 16.8 Å². The van der Waals surface area contributed by atoms with E-state index in [-0.39, 0.29) is 18.9 Å². The Morgan fingerprint density at radius 3 is 2.66 bits per heavy atom. The number of fused-ring (bicyclic) bond motifs is 3.